The van der Waals surface area contributed by atoms with E-state index in [2.05, 4.69) is 31.5 Å². The Labute approximate surface area is 312 Å². The van der Waals surface area contributed by atoms with Crippen molar-refractivity contribution in [2.45, 2.75) is 75.5 Å². The van der Waals surface area contributed by atoms with Crippen molar-refractivity contribution in [1.82, 2.24) is 35.5 Å². The molecule has 0 aliphatic carbocycles. The van der Waals surface area contributed by atoms with Crippen molar-refractivity contribution in [3.8, 4) is 35.4 Å². The molecule has 0 radical (unpaired) electrons. The Hall–Kier alpha value is -4.71. The molecule has 0 saturated carbocycles. The summed E-state index contributed by atoms with van der Waals surface area (Å²) in [6.45, 7) is 4.00. The molecule has 0 bridgehead atoms. The summed E-state index contributed by atoms with van der Waals surface area (Å²) in [5, 5.41) is 6.33. The van der Waals surface area contributed by atoms with Crippen LogP contribution in [-0.2, 0) is 0 Å². The van der Waals surface area contributed by atoms with Crippen molar-refractivity contribution in [1.29, 1.82) is 0 Å². The zero-order valence-electron chi connectivity index (χ0n) is 30.5. The van der Waals surface area contributed by atoms with E-state index < -0.39 is 29.4 Å². The van der Waals surface area contributed by atoms with Crippen LogP contribution in [0.2, 0.25) is 0 Å². The van der Waals surface area contributed by atoms with E-state index in [1.165, 1.54) is 29.3 Å². The van der Waals surface area contributed by atoms with Crippen LogP contribution in [0.25, 0.3) is 32.9 Å². The number of hydrazine groups is 1. The van der Waals surface area contributed by atoms with Gasteiger partial charge in [-0.15, -0.1) is 6.42 Å². The first kappa shape index (κ1) is 36.3. The first-order valence-corrected chi connectivity index (χ1v) is 19.0. The maximum absolute atomic E-state index is 17.2. The van der Waals surface area contributed by atoms with Crippen molar-refractivity contribution in [3.05, 3.63) is 47.7 Å². The minimum absolute atomic E-state index is 0.0403. The van der Waals surface area contributed by atoms with Crippen LogP contribution in [0.1, 0.15) is 63.4 Å². The number of terminal acetylenes is 1. The summed E-state index contributed by atoms with van der Waals surface area (Å²) in [6.07, 6.45) is 13.9. The summed E-state index contributed by atoms with van der Waals surface area (Å²) in [5.41, 5.74) is 2.76. The molecule has 14 heteroatoms. The van der Waals surface area contributed by atoms with Crippen molar-refractivity contribution >= 4 is 33.6 Å². The molecule has 3 atom stereocenters. The SMILES string of the molecule is C#Cc1c(F)ccc2cc(OC(=O)N(C)CC3CCCCN3)cc(-c3ncc4c(N5CCCCCN5)nc(OC[C@@]56CCCN5C[C@H](F)C6)nc4c3F)c12. The van der Waals surface area contributed by atoms with Crippen molar-refractivity contribution in [2.24, 2.45) is 0 Å². The fourth-order valence-electron chi connectivity index (χ4n) is 8.64. The van der Waals surface area contributed by atoms with E-state index in [9.17, 15) is 9.18 Å². The lowest BCUT2D eigenvalue weighted by Crippen LogP contribution is -2.45. The number of piperidine rings is 1. The third kappa shape index (κ3) is 7.00. The molecule has 4 aliphatic rings. The molecule has 4 saturated heterocycles. The van der Waals surface area contributed by atoms with Gasteiger partial charge >= 0.3 is 12.1 Å². The number of benzene rings is 2. The molecule has 2 aromatic carbocycles. The molecule has 4 aromatic rings. The van der Waals surface area contributed by atoms with Crippen molar-refractivity contribution in [3.63, 3.8) is 0 Å². The van der Waals surface area contributed by atoms with Crippen LogP contribution < -0.4 is 25.2 Å². The molecule has 4 fully saturated rings. The van der Waals surface area contributed by atoms with E-state index in [4.69, 9.17) is 20.9 Å². The number of anilines is 1. The molecule has 11 nitrogen and oxygen atoms in total. The van der Waals surface area contributed by atoms with E-state index in [1.807, 2.05) is 5.01 Å². The summed E-state index contributed by atoms with van der Waals surface area (Å²) in [7, 11) is 1.67. The standard InChI is InChI=1S/C40H45F3N8O3/c1-3-29-32(42)12-11-25-18-28(54-39(52)49(2)23-27-10-5-7-14-44-27)19-30(33(25)29)35-34(43)36-31(21-45-35)37(51-17-8-4-6-15-46-51)48-38(47-36)53-24-40-13-9-16-50(40)22-26(41)20-40/h1,11-12,18-19,21,26-27,44,46H,4-10,13-17,20,22-24H2,2H3/t26-,27?,40+/m1/s1. The summed E-state index contributed by atoms with van der Waals surface area (Å²) in [5.74, 6) is 1.48. The van der Waals surface area contributed by atoms with Crippen LogP contribution in [-0.4, -0.2) is 102 Å². The monoisotopic (exact) mass is 742 g/mol. The van der Waals surface area contributed by atoms with Crippen molar-refractivity contribution < 1.29 is 27.4 Å². The Balaban J connectivity index is 1.21. The molecule has 0 spiro atoms. The molecule has 54 heavy (non-hydrogen) atoms. The van der Waals surface area contributed by atoms with Gasteiger partial charge in [-0.3, -0.25) is 14.9 Å². The molecular weight excluding hydrogens is 697 g/mol. The summed E-state index contributed by atoms with van der Waals surface area (Å²) >= 11 is 0. The van der Waals surface area contributed by atoms with Crippen LogP contribution in [0.15, 0.2) is 30.5 Å². The Morgan fingerprint density at radius 2 is 1.98 bits per heavy atom. The molecule has 6 heterocycles. The van der Waals surface area contributed by atoms with Gasteiger partial charge in [-0.05, 0) is 75.2 Å². The first-order chi connectivity index (χ1) is 26.2. The number of carbonyl (C=O) groups excluding carboxylic acids is 1. The van der Waals surface area contributed by atoms with Gasteiger partial charge in [0.1, 0.15) is 35.6 Å². The number of ether oxygens (including phenoxy) is 2. The molecular formula is C40H45F3N8O3. The van der Waals surface area contributed by atoms with Gasteiger partial charge in [0.15, 0.2) is 11.6 Å². The second-order valence-electron chi connectivity index (χ2n) is 15.0. The highest BCUT2D eigenvalue weighted by Crippen LogP contribution is 2.42. The third-order valence-electron chi connectivity index (χ3n) is 11.4. The Morgan fingerprint density at radius 1 is 1.11 bits per heavy atom. The van der Waals surface area contributed by atoms with Gasteiger partial charge < -0.3 is 19.7 Å². The lowest BCUT2D eigenvalue weighted by atomic mass is 9.95. The number of halogens is 3. The second-order valence-corrected chi connectivity index (χ2v) is 15.0. The van der Waals surface area contributed by atoms with Crippen LogP contribution in [0.3, 0.4) is 0 Å². The average Bonchev–Trinajstić information content (AvgIpc) is 3.55. The number of nitrogens with one attached hydrogen (secondary N) is 2. The summed E-state index contributed by atoms with van der Waals surface area (Å²) in [4.78, 5) is 30.9. The predicted octanol–water partition coefficient (Wildman–Crippen LogP) is 6.13. The smallest absolute Gasteiger partial charge is 0.415 e. The van der Waals surface area contributed by atoms with Gasteiger partial charge in [-0.2, -0.15) is 9.97 Å². The number of pyridine rings is 1. The Kier molecular flexibility index (Phi) is 10.2. The molecule has 2 aromatic heterocycles. The maximum atomic E-state index is 17.2. The number of likely N-dealkylation sites (N-methyl/N-ethyl adjacent to an activating group) is 1. The second kappa shape index (κ2) is 15.2. The first-order valence-electron chi connectivity index (χ1n) is 19.0. The van der Waals surface area contributed by atoms with Gasteiger partial charge in [0.2, 0.25) is 0 Å². The number of rotatable bonds is 8. The minimum Gasteiger partial charge on any atom is -0.461 e. The highest BCUT2D eigenvalue weighted by molar-refractivity contribution is 6.03. The van der Waals surface area contributed by atoms with Crippen LogP contribution in [0.5, 0.6) is 11.8 Å². The number of hydrogen-bond donors (Lipinski definition) is 2. The largest absolute Gasteiger partial charge is 0.461 e. The van der Waals surface area contributed by atoms with Crippen molar-refractivity contribution in [2.75, 3.05) is 57.9 Å². The van der Waals surface area contributed by atoms with E-state index in [0.29, 0.717) is 49.2 Å². The number of hydrogen-bond acceptors (Lipinski definition) is 10. The average molecular weight is 743 g/mol. The van der Waals surface area contributed by atoms with E-state index in [1.54, 1.807) is 13.1 Å². The summed E-state index contributed by atoms with van der Waals surface area (Å²) in [6, 6.07) is 5.89. The van der Waals surface area contributed by atoms with E-state index in [0.717, 1.165) is 64.5 Å². The minimum atomic E-state index is -0.939. The number of aromatic nitrogens is 3. The summed E-state index contributed by atoms with van der Waals surface area (Å²) < 4.78 is 59.2. The van der Waals surface area contributed by atoms with Gasteiger partial charge in [0.25, 0.3) is 0 Å². The topological polar surface area (TPSA) is 108 Å². The van der Waals surface area contributed by atoms with Crippen LogP contribution >= 0.6 is 0 Å². The number of nitrogens with zero attached hydrogens (tertiary/aromatic N) is 6. The molecule has 1 unspecified atom stereocenters. The predicted molar refractivity (Wildman–Crippen MR) is 200 cm³/mol. The lowest BCUT2D eigenvalue weighted by Gasteiger charge is -2.31. The van der Waals surface area contributed by atoms with E-state index >= 15 is 8.78 Å². The number of carbonyl (C=O) groups is 1. The number of amides is 1. The molecule has 2 N–H and O–H groups in total. The fourth-order valence-corrected chi connectivity index (χ4v) is 8.64. The zero-order chi connectivity index (χ0) is 37.4. The van der Waals surface area contributed by atoms with Gasteiger partial charge in [0, 0.05) is 62.8 Å². The number of fused-ring (bicyclic) bond motifs is 3. The molecule has 4 aliphatic heterocycles. The fraction of sp³-hybridized carbons (Fsp3) is 0.500. The Bertz CT molecular complexity index is 2100. The van der Waals surface area contributed by atoms with Crippen LogP contribution in [0, 0.1) is 24.0 Å². The molecule has 1 amide bonds. The number of alkyl halides is 1. The van der Waals surface area contributed by atoms with Gasteiger partial charge in [-0.1, -0.05) is 24.8 Å². The maximum Gasteiger partial charge on any atom is 0.415 e. The van der Waals surface area contributed by atoms with Crippen LogP contribution in [0.4, 0.5) is 23.8 Å². The quantitative estimate of drug-likeness (QED) is 0.205. The van der Waals surface area contributed by atoms with Gasteiger partial charge in [0.05, 0.1) is 16.5 Å². The highest BCUT2D eigenvalue weighted by Gasteiger charge is 2.49. The van der Waals surface area contributed by atoms with E-state index in [-0.39, 0.29) is 52.1 Å². The third-order valence-corrected chi connectivity index (χ3v) is 11.4. The Morgan fingerprint density at radius 3 is 2.81 bits per heavy atom. The zero-order valence-corrected chi connectivity index (χ0v) is 30.5. The molecule has 8 rings (SSSR count). The normalized spacial score (nSPS) is 23.3. The van der Waals surface area contributed by atoms with Gasteiger partial charge in [-0.25, -0.2) is 23.4 Å². The molecule has 284 valence electrons. The lowest BCUT2D eigenvalue weighted by molar-refractivity contribution is 0.107. The highest BCUT2D eigenvalue weighted by atomic mass is 19.1.